The fourth-order valence-electron chi connectivity index (χ4n) is 9.12. The summed E-state index contributed by atoms with van der Waals surface area (Å²) in [7, 11) is -8.21. The molecule has 0 fully saturated rings. The van der Waals surface area contributed by atoms with Crippen LogP contribution in [-0.2, 0) is 40.7 Å². The van der Waals surface area contributed by atoms with E-state index in [2.05, 4.69) is 0 Å². The molecule has 0 amide bonds. The predicted molar refractivity (Wildman–Crippen MR) is 279 cm³/mol. The van der Waals surface area contributed by atoms with E-state index in [0.717, 1.165) is 44.5 Å². The van der Waals surface area contributed by atoms with Gasteiger partial charge in [0.1, 0.15) is 11.2 Å². The van der Waals surface area contributed by atoms with E-state index < -0.39 is 31.2 Å². The highest BCUT2D eigenvalue weighted by molar-refractivity contribution is 7.89. The zero-order chi connectivity index (χ0) is 48.9. The van der Waals surface area contributed by atoms with Crippen molar-refractivity contribution >= 4 is 20.0 Å². The van der Waals surface area contributed by atoms with Gasteiger partial charge in [-0.15, -0.1) is 0 Å². The monoisotopic (exact) mass is 968 g/mol. The standard InChI is InChI=1S/C60H60N2O6S2/c1-49-35-39-57(40-36-49)69(63,64)61(43-21-47-67-59(51-23-9-3-10-24-51,52-25-11-4-12-26-52)53-27-13-5-14-28-53)45-46-62(70(65,66)58-41-37-50(2)38-42-58)44-22-48-68-60(54-29-15-6-16-30-54,55-31-17-7-18-32-55)56-33-19-8-20-34-56/h3-20,23-42H,21-22,43-48H2,1-2H3. The Morgan fingerprint density at radius 1 is 0.329 bits per heavy atom. The van der Waals surface area contributed by atoms with Crippen LogP contribution in [0.5, 0.6) is 0 Å². The van der Waals surface area contributed by atoms with Crippen LogP contribution in [-0.4, -0.2) is 64.8 Å². The Bertz CT molecular complexity index is 2670. The van der Waals surface area contributed by atoms with E-state index in [4.69, 9.17) is 9.47 Å². The fraction of sp³-hybridized carbons (Fsp3) is 0.200. The van der Waals surface area contributed by atoms with Gasteiger partial charge in [-0.05, 0) is 84.3 Å². The molecule has 70 heavy (non-hydrogen) atoms. The first-order valence-electron chi connectivity index (χ1n) is 23.8. The van der Waals surface area contributed by atoms with Gasteiger partial charge in [0.2, 0.25) is 20.0 Å². The van der Waals surface area contributed by atoms with Gasteiger partial charge in [0, 0.05) is 39.4 Å². The van der Waals surface area contributed by atoms with Crippen LogP contribution in [0, 0.1) is 13.8 Å². The average molecular weight is 969 g/mol. The number of hydrogen-bond acceptors (Lipinski definition) is 6. The molecule has 0 aliphatic rings. The lowest BCUT2D eigenvalue weighted by molar-refractivity contribution is 0.00914. The first-order chi connectivity index (χ1) is 34.0. The van der Waals surface area contributed by atoms with Crippen LogP contribution < -0.4 is 0 Å². The van der Waals surface area contributed by atoms with Crippen molar-refractivity contribution in [1.29, 1.82) is 0 Å². The van der Waals surface area contributed by atoms with Crippen molar-refractivity contribution in [2.75, 3.05) is 39.4 Å². The SMILES string of the molecule is Cc1ccc(S(=O)(=O)N(CCCOC(c2ccccc2)(c2ccccc2)c2ccccc2)CCN(CCCOC(c2ccccc2)(c2ccccc2)c2ccccc2)S(=O)(=O)c2ccc(C)cc2)cc1. The molecule has 358 valence electrons. The molecule has 0 atom stereocenters. The van der Waals surface area contributed by atoms with Gasteiger partial charge < -0.3 is 9.47 Å². The van der Waals surface area contributed by atoms with Crippen LogP contribution in [0.1, 0.15) is 57.3 Å². The lowest BCUT2D eigenvalue weighted by atomic mass is 9.80. The average Bonchev–Trinajstić information content (AvgIpc) is 3.40. The molecule has 0 aliphatic carbocycles. The number of aryl methyl sites for hydroxylation is 2. The number of nitrogens with zero attached hydrogens (tertiary/aromatic N) is 2. The molecule has 0 aromatic heterocycles. The highest BCUT2D eigenvalue weighted by Gasteiger charge is 2.39. The molecule has 0 spiro atoms. The van der Waals surface area contributed by atoms with Crippen LogP contribution in [0.2, 0.25) is 0 Å². The van der Waals surface area contributed by atoms with E-state index in [1.165, 1.54) is 8.61 Å². The summed E-state index contributed by atoms with van der Waals surface area (Å²) >= 11 is 0. The molecular weight excluding hydrogens is 909 g/mol. The quantitative estimate of drug-likeness (QED) is 0.0468. The van der Waals surface area contributed by atoms with Gasteiger partial charge in [-0.1, -0.05) is 217 Å². The number of hydrogen-bond donors (Lipinski definition) is 0. The van der Waals surface area contributed by atoms with Crippen LogP contribution in [0.25, 0.3) is 0 Å². The zero-order valence-electron chi connectivity index (χ0n) is 39.8. The lowest BCUT2D eigenvalue weighted by Gasteiger charge is -2.36. The Morgan fingerprint density at radius 2 is 0.557 bits per heavy atom. The third kappa shape index (κ3) is 11.1. The third-order valence-corrected chi connectivity index (χ3v) is 16.6. The number of sulfonamides is 2. The van der Waals surface area contributed by atoms with Gasteiger partial charge in [0.25, 0.3) is 0 Å². The minimum Gasteiger partial charge on any atom is -0.361 e. The summed E-state index contributed by atoms with van der Waals surface area (Å²) in [5.74, 6) is 0. The van der Waals surface area contributed by atoms with Crippen LogP contribution in [0.15, 0.2) is 240 Å². The van der Waals surface area contributed by atoms with Gasteiger partial charge in [0.15, 0.2) is 0 Å². The van der Waals surface area contributed by atoms with Gasteiger partial charge in [-0.25, -0.2) is 16.8 Å². The second kappa shape index (κ2) is 22.9. The van der Waals surface area contributed by atoms with Crippen molar-refractivity contribution in [2.24, 2.45) is 0 Å². The van der Waals surface area contributed by atoms with E-state index in [0.29, 0.717) is 12.8 Å². The minimum atomic E-state index is -4.11. The topological polar surface area (TPSA) is 93.2 Å². The van der Waals surface area contributed by atoms with Crippen LogP contribution >= 0.6 is 0 Å². The van der Waals surface area contributed by atoms with Gasteiger partial charge >= 0.3 is 0 Å². The second-order valence-electron chi connectivity index (χ2n) is 17.4. The molecule has 8 nitrogen and oxygen atoms in total. The predicted octanol–water partition coefficient (Wildman–Crippen LogP) is 11.8. The molecule has 0 radical (unpaired) electrons. The number of rotatable bonds is 23. The number of ether oxygens (including phenoxy) is 2. The van der Waals surface area contributed by atoms with Crippen LogP contribution in [0.4, 0.5) is 0 Å². The van der Waals surface area contributed by atoms with E-state index in [9.17, 15) is 16.8 Å². The second-order valence-corrected chi connectivity index (χ2v) is 21.3. The summed E-state index contributed by atoms with van der Waals surface area (Å²) in [6.45, 7) is 4.12. The summed E-state index contributed by atoms with van der Waals surface area (Å²) in [6.07, 6.45) is 0.636. The van der Waals surface area contributed by atoms with Crippen molar-refractivity contribution in [3.8, 4) is 0 Å². The smallest absolute Gasteiger partial charge is 0.243 e. The van der Waals surface area contributed by atoms with Crippen molar-refractivity contribution in [3.05, 3.63) is 275 Å². The molecule has 8 aromatic rings. The van der Waals surface area contributed by atoms with Crippen LogP contribution in [0.3, 0.4) is 0 Å². The zero-order valence-corrected chi connectivity index (χ0v) is 41.4. The molecule has 0 heterocycles. The lowest BCUT2D eigenvalue weighted by Crippen LogP contribution is -2.42. The fourth-order valence-corrected chi connectivity index (χ4v) is 12.1. The molecule has 0 saturated carbocycles. The Hall–Kier alpha value is -6.50. The highest BCUT2D eigenvalue weighted by Crippen LogP contribution is 2.42. The maximum atomic E-state index is 14.7. The number of benzene rings is 8. The maximum Gasteiger partial charge on any atom is 0.243 e. The Kier molecular flexibility index (Phi) is 16.4. The van der Waals surface area contributed by atoms with Crippen molar-refractivity contribution in [2.45, 2.75) is 47.7 Å². The molecular formula is C60H60N2O6S2. The summed E-state index contributed by atoms with van der Waals surface area (Å²) in [6, 6.07) is 73.8. The van der Waals surface area contributed by atoms with Gasteiger partial charge in [0.05, 0.1) is 9.79 Å². The summed E-state index contributed by atoms with van der Waals surface area (Å²) < 4.78 is 75.9. The first kappa shape index (κ1) is 49.9. The third-order valence-electron chi connectivity index (χ3n) is 12.7. The Morgan fingerprint density at radius 3 is 0.786 bits per heavy atom. The van der Waals surface area contributed by atoms with E-state index in [1.54, 1.807) is 48.5 Å². The minimum absolute atomic E-state index is 0.0694. The van der Waals surface area contributed by atoms with Crippen molar-refractivity contribution in [1.82, 2.24) is 8.61 Å². The van der Waals surface area contributed by atoms with Gasteiger partial charge in [-0.3, -0.25) is 0 Å². The van der Waals surface area contributed by atoms with E-state index in [1.807, 2.05) is 196 Å². The molecule has 0 saturated heterocycles. The normalized spacial score (nSPS) is 12.3. The van der Waals surface area contributed by atoms with Gasteiger partial charge in [-0.2, -0.15) is 8.61 Å². The Labute approximate surface area is 414 Å². The maximum absolute atomic E-state index is 14.7. The molecule has 0 bridgehead atoms. The van der Waals surface area contributed by atoms with Crippen molar-refractivity contribution < 1.29 is 26.3 Å². The Balaban J connectivity index is 1.08. The first-order valence-corrected chi connectivity index (χ1v) is 26.7. The molecule has 10 heteroatoms. The van der Waals surface area contributed by atoms with E-state index >= 15 is 0 Å². The van der Waals surface area contributed by atoms with E-state index in [-0.39, 0.29) is 49.2 Å². The van der Waals surface area contributed by atoms with Crippen molar-refractivity contribution in [3.63, 3.8) is 0 Å². The molecule has 8 rings (SSSR count). The molecule has 0 aliphatic heterocycles. The molecule has 8 aromatic carbocycles. The molecule has 0 unspecified atom stereocenters. The summed E-state index contributed by atoms with van der Waals surface area (Å²) in [5.41, 5.74) is 5.47. The summed E-state index contributed by atoms with van der Waals surface area (Å²) in [5, 5.41) is 0. The largest absolute Gasteiger partial charge is 0.361 e. The molecule has 0 N–H and O–H groups in total. The highest BCUT2D eigenvalue weighted by atomic mass is 32.2. The summed E-state index contributed by atoms with van der Waals surface area (Å²) in [4.78, 5) is 0.262.